The van der Waals surface area contributed by atoms with Gasteiger partial charge in [0, 0.05) is 6.61 Å². The second-order valence-corrected chi connectivity index (χ2v) is 4.17. The molecule has 2 rings (SSSR count). The number of fused-ring (bicyclic) bond motifs is 1. The van der Waals surface area contributed by atoms with Crippen molar-refractivity contribution in [3.05, 3.63) is 0 Å². The minimum atomic E-state index is -0.0374. The van der Waals surface area contributed by atoms with E-state index in [0.29, 0.717) is 12.5 Å². The first-order valence-electron chi connectivity index (χ1n) is 4.58. The summed E-state index contributed by atoms with van der Waals surface area (Å²) in [6, 6.07) is 0. The van der Waals surface area contributed by atoms with Gasteiger partial charge >= 0.3 is 0 Å². The molecule has 0 aromatic heterocycles. The van der Waals surface area contributed by atoms with Gasteiger partial charge in [0.15, 0.2) is 0 Å². The molecule has 2 unspecified atom stereocenters. The van der Waals surface area contributed by atoms with E-state index < -0.39 is 0 Å². The number of aliphatic hydroxyl groups is 2. The van der Waals surface area contributed by atoms with Gasteiger partial charge in [0.05, 0.1) is 6.10 Å². The Morgan fingerprint density at radius 1 is 1.00 bits per heavy atom. The highest BCUT2D eigenvalue weighted by Crippen LogP contribution is 2.46. The Labute approximate surface area is 67.2 Å². The number of hydrogen-bond acceptors (Lipinski definition) is 2. The van der Waals surface area contributed by atoms with Crippen LogP contribution in [0.5, 0.6) is 0 Å². The monoisotopic (exact) mass is 156 g/mol. The first-order valence-corrected chi connectivity index (χ1v) is 4.58. The summed E-state index contributed by atoms with van der Waals surface area (Å²) in [5.41, 5.74) is 0. The molecule has 0 saturated heterocycles. The topological polar surface area (TPSA) is 40.5 Å². The van der Waals surface area contributed by atoms with Gasteiger partial charge in [-0.2, -0.15) is 0 Å². The zero-order chi connectivity index (χ0) is 7.84. The smallest absolute Gasteiger partial charge is 0.0545 e. The van der Waals surface area contributed by atoms with Gasteiger partial charge in [0.2, 0.25) is 0 Å². The summed E-state index contributed by atoms with van der Waals surface area (Å²) in [7, 11) is 0. The van der Waals surface area contributed by atoms with Crippen molar-refractivity contribution in [2.75, 3.05) is 6.61 Å². The van der Waals surface area contributed by atoms with Gasteiger partial charge in [-0.25, -0.2) is 0 Å². The van der Waals surface area contributed by atoms with Crippen LogP contribution in [-0.4, -0.2) is 22.9 Å². The van der Waals surface area contributed by atoms with Gasteiger partial charge in [-0.15, -0.1) is 0 Å². The lowest BCUT2D eigenvalue weighted by atomic mass is 10.0. The van der Waals surface area contributed by atoms with Crippen LogP contribution in [0.1, 0.15) is 25.7 Å². The lowest BCUT2D eigenvalue weighted by Gasteiger charge is -2.07. The van der Waals surface area contributed by atoms with E-state index >= 15 is 0 Å². The quantitative estimate of drug-likeness (QED) is 0.589. The van der Waals surface area contributed by atoms with E-state index in [4.69, 9.17) is 5.11 Å². The predicted molar refractivity (Wildman–Crippen MR) is 42.0 cm³/mol. The Morgan fingerprint density at radius 2 is 1.55 bits per heavy atom. The molecular formula is C9H16O2. The summed E-state index contributed by atoms with van der Waals surface area (Å²) in [5, 5.41) is 18.3. The van der Waals surface area contributed by atoms with E-state index in [1.54, 1.807) is 0 Å². The van der Waals surface area contributed by atoms with Crippen molar-refractivity contribution in [1.82, 2.24) is 0 Å². The summed E-state index contributed by atoms with van der Waals surface area (Å²) < 4.78 is 0. The lowest BCUT2D eigenvalue weighted by molar-refractivity contribution is 0.160. The van der Waals surface area contributed by atoms with E-state index in [2.05, 4.69) is 0 Å². The molecule has 0 radical (unpaired) electrons. The van der Waals surface area contributed by atoms with Crippen LogP contribution in [0.25, 0.3) is 0 Å². The molecule has 2 saturated carbocycles. The second-order valence-electron chi connectivity index (χ2n) is 4.17. The van der Waals surface area contributed by atoms with Gasteiger partial charge in [-0.1, -0.05) is 0 Å². The normalized spacial score (nSPS) is 49.6. The molecule has 2 N–H and O–H groups in total. The zero-order valence-electron chi connectivity index (χ0n) is 6.74. The average Bonchev–Trinajstić information content (AvgIpc) is 2.43. The zero-order valence-corrected chi connectivity index (χ0v) is 6.74. The third kappa shape index (κ3) is 1.30. The van der Waals surface area contributed by atoms with E-state index in [1.807, 2.05) is 0 Å². The highest BCUT2D eigenvalue weighted by molar-refractivity contribution is 4.91. The summed E-state index contributed by atoms with van der Waals surface area (Å²) >= 11 is 0. The van der Waals surface area contributed by atoms with E-state index in [9.17, 15) is 5.11 Å². The molecule has 2 nitrogen and oxygen atoms in total. The molecule has 0 heterocycles. The summed E-state index contributed by atoms with van der Waals surface area (Å²) in [4.78, 5) is 0. The van der Waals surface area contributed by atoms with E-state index in [-0.39, 0.29) is 6.10 Å². The largest absolute Gasteiger partial charge is 0.396 e. The lowest BCUT2D eigenvalue weighted by Crippen LogP contribution is -2.06. The second kappa shape index (κ2) is 2.76. The number of aliphatic hydroxyl groups excluding tert-OH is 2. The van der Waals surface area contributed by atoms with Crippen molar-refractivity contribution in [2.45, 2.75) is 31.8 Å². The standard InChI is InChI=1S/C9H16O2/c10-5-6-1-7-3-9(11)4-8(7)2-6/h6-11H,1-5H2/t6?,7-,8+,9?. The summed E-state index contributed by atoms with van der Waals surface area (Å²) in [6.45, 7) is 0.350. The SMILES string of the molecule is OCC1C[C@H]2CC(O)C[C@H]2C1. The van der Waals surface area contributed by atoms with Crippen molar-refractivity contribution in [1.29, 1.82) is 0 Å². The molecule has 2 fully saturated rings. The van der Waals surface area contributed by atoms with Crippen LogP contribution in [0.15, 0.2) is 0 Å². The molecule has 2 heteroatoms. The summed E-state index contributed by atoms with van der Waals surface area (Å²) in [6.07, 6.45) is 4.24. The van der Waals surface area contributed by atoms with E-state index in [1.165, 1.54) is 0 Å². The van der Waals surface area contributed by atoms with Gasteiger partial charge in [0.1, 0.15) is 0 Å². The Kier molecular flexibility index (Phi) is 1.90. The third-order valence-corrected chi connectivity index (χ3v) is 3.35. The first-order chi connectivity index (χ1) is 5.29. The molecule has 2 aliphatic rings. The van der Waals surface area contributed by atoms with Gasteiger partial charge in [-0.3, -0.25) is 0 Å². The van der Waals surface area contributed by atoms with Crippen molar-refractivity contribution < 1.29 is 10.2 Å². The Balaban J connectivity index is 1.93. The van der Waals surface area contributed by atoms with Crippen LogP contribution in [0.2, 0.25) is 0 Å². The van der Waals surface area contributed by atoms with Crippen LogP contribution in [0, 0.1) is 17.8 Å². The average molecular weight is 156 g/mol. The van der Waals surface area contributed by atoms with E-state index in [0.717, 1.165) is 37.5 Å². The number of rotatable bonds is 1. The fourth-order valence-corrected chi connectivity index (χ4v) is 2.86. The van der Waals surface area contributed by atoms with Crippen molar-refractivity contribution >= 4 is 0 Å². The summed E-state index contributed by atoms with van der Waals surface area (Å²) in [5.74, 6) is 1.99. The highest BCUT2D eigenvalue weighted by Gasteiger charge is 2.40. The van der Waals surface area contributed by atoms with Gasteiger partial charge in [-0.05, 0) is 43.4 Å². The maximum atomic E-state index is 9.33. The van der Waals surface area contributed by atoms with Crippen LogP contribution in [-0.2, 0) is 0 Å². The molecule has 0 bridgehead atoms. The third-order valence-electron chi connectivity index (χ3n) is 3.35. The maximum absolute atomic E-state index is 9.33. The molecular weight excluding hydrogens is 140 g/mol. The van der Waals surface area contributed by atoms with Crippen molar-refractivity contribution in [3.8, 4) is 0 Å². The molecule has 0 aromatic rings. The number of hydrogen-bond donors (Lipinski definition) is 2. The predicted octanol–water partition coefficient (Wildman–Crippen LogP) is 0.776. The van der Waals surface area contributed by atoms with Crippen LogP contribution in [0.4, 0.5) is 0 Å². The van der Waals surface area contributed by atoms with Crippen molar-refractivity contribution in [2.24, 2.45) is 17.8 Å². The van der Waals surface area contributed by atoms with Gasteiger partial charge < -0.3 is 10.2 Å². The molecule has 4 atom stereocenters. The molecule has 11 heavy (non-hydrogen) atoms. The Bertz CT molecular complexity index is 132. The van der Waals surface area contributed by atoms with Crippen LogP contribution >= 0.6 is 0 Å². The Hall–Kier alpha value is -0.0800. The highest BCUT2D eigenvalue weighted by atomic mass is 16.3. The fourth-order valence-electron chi connectivity index (χ4n) is 2.86. The minimum Gasteiger partial charge on any atom is -0.396 e. The molecule has 2 aliphatic carbocycles. The maximum Gasteiger partial charge on any atom is 0.0545 e. The minimum absolute atomic E-state index is 0.0374. The molecule has 64 valence electrons. The molecule has 0 spiro atoms. The Morgan fingerprint density at radius 3 is 2.00 bits per heavy atom. The fraction of sp³-hybridized carbons (Fsp3) is 1.00. The first kappa shape index (κ1) is 7.56. The van der Waals surface area contributed by atoms with Gasteiger partial charge in [0.25, 0.3) is 0 Å². The van der Waals surface area contributed by atoms with Crippen LogP contribution in [0.3, 0.4) is 0 Å². The molecule has 0 aromatic carbocycles. The van der Waals surface area contributed by atoms with Crippen molar-refractivity contribution in [3.63, 3.8) is 0 Å². The molecule has 0 aliphatic heterocycles. The molecule has 0 amide bonds. The van der Waals surface area contributed by atoms with Crippen LogP contribution < -0.4 is 0 Å².